The third-order valence-corrected chi connectivity index (χ3v) is 3.92. The molecule has 1 rings (SSSR count). The van der Waals surface area contributed by atoms with E-state index in [4.69, 9.17) is 5.73 Å². The monoisotopic (exact) mass is 284 g/mol. The normalized spacial score (nSPS) is 19.2. The van der Waals surface area contributed by atoms with Crippen molar-refractivity contribution in [3.05, 3.63) is 0 Å². The van der Waals surface area contributed by atoms with Crippen LogP contribution in [0, 0.1) is 0 Å². The van der Waals surface area contributed by atoms with Crippen molar-refractivity contribution < 1.29 is 4.79 Å². The fourth-order valence-electron chi connectivity index (χ4n) is 2.79. The van der Waals surface area contributed by atoms with E-state index in [1.807, 2.05) is 13.8 Å². The fraction of sp³-hybridized carbons (Fsp3) is 0.933. The Morgan fingerprint density at radius 1 is 1.25 bits per heavy atom. The van der Waals surface area contributed by atoms with Gasteiger partial charge in [-0.3, -0.25) is 9.69 Å². The van der Waals surface area contributed by atoms with Gasteiger partial charge >= 0.3 is 0 Å². The van der Waals surface area contributed by atoms with Crippen molar-refractivity contribution in [2.24, 2.45) is 5.73 Å². The number of carbonyl (C=O) groups is 1. The quantitative estimate of drug-likeness (QED) is 0.687. The van der Waals surface area contributed by atoms with E-state index in [0.29, 0.717) is 12.5 Å². The lowest BCUT2D eigenvalue weighted by molar-refractivity contribution is -0.122. The molecule has 20 heavy (non-hydrogen) atoms. The van der Waals surface area contributed by atoms with Crippen molar-refractivity contribution in [2.45, 2.75) is 52.1 Å². The average molecular weight is 284 g/mol. The summed E-state index contributed by atoms with van der Waals surface area (Å²) in [5, 5.41) is 2.94. The van der Waals surface area contributed by atoms with Gasteiger partial charge in [-0.2, -0.15) is 0 Å². The predicted molar refractivity (Wildman–Crippen MR) is 83.7 cm³/mol. The van der Waals surface area contributed by atoms with Gasteiger partial charge in [-0.1, -0.05) is 13.3 Å². The first kappa shape index (κ1) is 17.4. The number of piperazine rings is 1. The summed E-state index contributed by atoms with van der Waals surface area (Å²) in [5.74, 6) is 0.160. The molecule has 1 aliphatic heterocycles. The van der Waals surface area contributed by atoms with Crippen molar-refractivity contribution in [3.63, 3.8) is 0 Å². The van der Waals surface area contributed by atoms with Gasteiger partial charge in [0, 0.05) is 57.8 Å². The Hall–Kier alpha value is -0.650. The number of amides is 1. The number of nitrogens with two attached hydrogens (primary N) is 1. The van der Waals surface area contributed by atoms with E-state index in [9.17, 15) is 4.79 Å². The van der Waals surface area contributed by atoms with E-state index in [1.165, 1.54) is 12.8 Å². The zero-order valence-corrected chi connectivity index (χ0v) is 13.4. The molecule has 1 atom stereocenters. The zero-order chi connectivity index (χ0) is 15.0. The number of nitrogens with one attached hydrogen (secondary N) is 1. The molecule has 0 bridgehead atoms. The first-order valence-electron chi connectivity index (χ1n) is 8.02. The van der Waals surface area contributed by atoms with Crippen LogP contribution in [-0.4, -0.2) is 67.1 Å². The SMILES string of the molecule is CCCC(CN)N1CCN(CCC(=O)NC(C)C)CC1. The van der Waals surface area contributed by atoms with Crippen LogP contribution in [0.15, 0.2) is 0 Å². The van der Waals surface area contributed by atoms with Crippen molar-refractivity contribution >= 4 is 5.91 Å². The van der Waals surface area contributed by atoms with E-state index in [0.717, 1.165) is 39.3 Å². The molecule has 1 aliphatic rings. The Morgan fingerprint density at radius 2 is 1.90 bits per heavy atom. The van der Waals surface area contributed by atoms with Crippen molar-refractivity contribution in [1.29, 1.82) is 0 Å². The maximum atomic E-state index is 11.6. The van der Waals surface area contributed by atoms with Gasteiger partial charge in [-0.15, -0.1) is 0 Å². The van der Waals surface area contributed by atoms with Gasteiger partial charge in [-0.25, -0.2) is 0 Å². The zero-order valence-electron chi connectivity index (χ0n) is 13.4. The van der Waals surface area contributed by atoms with E-state index < -0.39 is 0 Å². The third-order valence-electron chi connectivity index (χ3n) is 3.92. The van der Waals surface area contributed by atoms with Gasteiger partial charge in [0.05, 0.1) is 0 Å². The summed E-state index contributed by atoms with van der Waals surface area (Å²) in [4.78, 5) is 16.5. The van der Waals surface area contributed by atoms with Crippen LogP contribution >= 0.6 is 0 Å². The minimum atomic E-state index is 0.160. The van der Waals surface area contributed by atoms with Gasteiger partial charge in [0.1, 0.15) is 0 Å². The van der Waals surface area contributed by atoms with Crippen LogP contribution in [0.3, 0.4) is 0 Å². The van der Waals surface area contributed by atoms with Gasteiger partial charge < -0.3 is 16.0 Å². The Kier molecular flexibility index (Phi) is 8.11. The average Bonchev–Trinajstić information content (AvgIpc) is 2.42. The summed E-state index contributed by atoms with van der Waals surface area (Å²) >= 11 is 0. The Morgan fingerprint density at radius 3 is 2.40 bits per heavy atom. The molecular formula is C15H32N4O. The minimum Gasteiger partial charge on any atom is -0.354 e. The second kappa shape index (κ2) is 9.32. The molecule has 1 amide bonds. The molecule has 5 nitrogen and oxygen atoms in total. The number of hydrogen-bond acceptors (Lipinski definition) is 4. The van der Waals surface area contributed by atoms with Crippen molar-refractivity contribution in [3.8, 4) is 0 Å². The number of hydrogen-bond donors (Lipinski definition) is 2. The highest BCUT2D eigenvalue weighted by Gasteiger charge is 2.22. The van der Waals surface area contributed by atoms with Crippen molar-refractivity contribution in [2.75, 3.05) is 39.3 Å². The summed E-state index contributed by atoms with van der Waals surface area (Å²) in [5.41, 5.74) is 5.86. The largest absolute Gasteiger partial charge is 0.354 e. The highest BCUT2D eigenvalue weighted by Crippen LogP contribution is 2.10. The van der Waals surface area contributed by atoms with E-state index in [2.05, 4.69) is 22.0 Å². The fourth-order valence-corrected chi connectivity index (χ4v) is 2.79. The van der Waals surface area contributed by atoms with Gasteiger partial charge in [-0.05, 0) is 20.3 Å². The molecule has 0 aromatic heterocycles. The summed E-state index contributed by atoms with van der Waals surface area (Å²) < 4.78 is 0. The van der Waals surface area contributed by atoms with Crippen LogP contribution in [0.4, 0.5) is 0 Å². The first-order valence-corrected chi connectivity index (χ1v) is 8.02. The Labute approximate surface area is 123 Å². The summed E-state index contributed by atoms with van der Waals surface area (Å²) in [7, 11) is 0. The van der Waals surface area contributed by atoms with Crippen LogP contribution < -0.4 is 11.1 Å². The van der Waals surface area contributed by atoms with Crippen LogP contribution in [0.5, 0.6) is 0 Å². The molecule has 0 radical (unpaired) electrons. The Balaban J connectivity index is 2.23. The molecule has 1 fully saturated rings. The second-order valence-electron chi connectivity index (χ2n) is 6.03. The van der Waals surface area contributed by atoms with Gasteiger partial charge in [0.25, 0.3) is 0 Å². The van der Waals surface area contributed by atoms with Crippen LogP contribution in [0.25, 0.3) is 0 Å². The maximum Gasteiger partial charge on any atom is 0.221 e. The molecule has 0 aliphatic carbocycles. The molecule has 1 heterocycles. The second-order valence-corrected chi connectivity index (χ2v) is 6.03. The predicted octanol–water partition coefficient (Wildman–Crippen LogP) is 0.646. The first-order chi connectivity index (χ1) is 9.56. The van der Waals surface area contributed by atoms with Crippen LogP contribution in [0.2, 0.25) is 0 Å². The molecular weight excluding hydrogens is 252 g/mol. The Bertz CT molecular complexity index is 275. The van der Waals surface area contributed by atoms with Gasteiger partial charge in [0.2, 0.25) is 5.91 Å². The lowest BCUT2D eigenvalue weighted by Gasteiger charge is -2.39. The van der Waals surface area contributed by atoms with Crippen molar-refractivity contribution in [1.82, 2.24) is 15.1 Å². The van der Waals surface area contributed by atoms with Gasteiger partial charge in [0.15, 0.2) is 0 Å². The minimum absolute atomic E-state index is 0.160. The van der Waals surface area contributed by atoms with E-state index in [1.54, 1.807) is 0 Å². The highest BCUT2D eigenvalue weighted by atomic mass is 16.1. The molecule has 0 aromatic rings. The molecule has 118 valence electrons. The molecule has 3 N–H and O–H groups in total. The maximum absolute atomic E-state index is 11.6. The number of nitrogens with zero attached hydrogens (tertiary/aromatic N) is 2. The van der Waals surface area contributed by atoms with Crippen LogP contribution in [-0.2, 0) is 4.79 Å². The number of carbonyl (C=O) groups excluding carboxylic acids is 1. The summed E-state index contributed by atoms with van der Waals surface area (Å²) in [6, 6.07) is 0.769. The van der Waals surface area contributed by atoms with E-state index >= 15 is 0 Å². The molecule has 1 unspecified atom stereocenters. The highest BCUT2D eigenvalue weighted by molar-refractivity contribution is 5.76. The molecule has 0 aromatic carbocycles. The number of rotatable bonds is 8. The lowest BCUT2D eigenvalue weighted by Crippen LogP contribution is -2.52. The molecule has 0 spiro atoms. The smallest absolute Gasteiger partial charge is 0.221 e. The topological polar surface area (TPSA) is 61.6 Å². The summed E-state index contributed by atoms with van der Waals surface area (Å²) in [6.07, 6.45) is 2.98. The molecule has 0 saturated carbocycles. The standard InChI is InChI=1S/C15H32N4O/c1-4-5-14(12-16)19-10-8-18(9-11-19)7-6-15(20)17-13(2)3/h13-14H,4-12,16H2,1-3H3,(H,17,20). The summed E-state index contributed by atoms with van der Waals surface area (Å²) in [6.45, 7) is 12.1. The third kappa shape index (κ3) is 6.20. The lowest BCUT2D eigenvalue weighted by atomic mass is 10.1. The molecule has 1 saturated heterocycles. The van der Waals surface area contributed by atoms with E-state index in [-0.39, 0.29) is 11.9 Å². The molecule has 5 heteroatoms. The van der Waals surface area contributed by atoms with Crippen LogP contribution in [0.1, 0.15) is 40.0 Å².